The van der Waals surface area contributed by atoms with E-state index in [1.165, 1.54) is 6.07 Å². The van der Waals surface area contributed by atoms with E-state index in [4.69, 9.17) is 0 Å². The Morgan fingerprint density at radius 3 is 2.72 bits per heavy atom. The van der Waals surface area contributed by atoms with Crippen molar-refractivity contribution in [2.75, 3.05) is 7.05 Å². The molecule has 18 heavy (non-hydrogen) atoms. The van der Waals surface area contributed by atoms with Gasteiger partial charge in [-0.3, -0.25) is 0 Å². The van der Waals surface area contributed by atoms with E-state index in [-0.39, 0.29) is 11.9 Å². The lowest BCUT2D eigenvalue weighted by atomic mass is 10.0. The largest absolute Gasteiger partial charge is 0.313 e. The highest BCUT2D eigenvalue weighted by Gasteiger charge is 2.13. The molecule has 0 aliphatic rings. The molecule has 0 spiro atoms. The van der Waals surface area contributed by atoms with Crippen LogP contribution in [0.3, 0.4) is 0 Å². The van der Waals surface area contributed by atoms with Crippen LogP contribution in [-0.2, 0) is 6.42 Å². The van der Waals surface area contributed by atoms with Crippen LogP contribution in [0.4, 0.5) is 4.39 Å². The molecule has 0 radical (unpaired) electrons. The zero-order valence-electron chi connectivity index (χ0n) is 10.8. The molecular weight excluding hydrogens is 247 g/mol. The molecule has 1 heterocycles. The monoisotopic (exact) mass is 264 g/mol. The minimum atomic E-state index is -0.154. The average Bonchev–Trinajstić information content (AvgIpc) is 2.75. The van der Waals surface area contributed by atoms with E-state index in [1.807, 2.05) is 26.1 Å². The number of aromatic nitrogens is 1. The summed E-state index contributed by atoms with van der Waals surface area (Å²) in [6, 6.07) is 5.44. The molecule has 2 nitrogen and oxygen atoms in total. The lowest BCUT2D eigenvalue weighted by Gasteiger charge is -2.16. The van der Waals surface area contributed by atoms with Crippen LogP contribution < -0.4 is 5.32 Å². The SMILES string of the molecule is CNC(Cc1nc(C)cs1)c1ccc(F)c(C)c1. The van der Waals surface area contributed by atoms with Crippen molar-refractivity contribution in [3.8, 4) is 0 Å². The highest BCUT2D eigenvalue weighted by Crippen LogP contribution is 2.22. The summed E-state index contributed by atoms with van der Waals surface area (Å²) in [5.74, 6) is -0.154. The molecule has 2 aromatic rings. The summed E-state index contributed by atoms with van der Waals surface area (Å²) in [5, 5.41) is 6.43. The van der Waals surface area contributed by atoms with Crippen molar-refractivity contribution in [3.63, 3.8) is 0 Å². The minimum absolute atomic E-state index is 0.154. The average molecular weight is 264 g/mol. The van der Waals surface area contributed by atoms with E-state index in [0.717, 1.165) is 22.7 Å². The number of nitrogens with one attached hydrogen (secondary N) is 1. The van der Waals surface area contributed by atoms with Gasteiger partial charge in [-0.05, 0) is 38.1 Å². The van der Waals surface area contributed by atoms with Crippen LogP contribution in [-0.4, -0.2) is 12.0 Å². The zero-order valence-corrected chi connectivity index (χ0v) is 11.6. The van der Waals surface area contributed by atoms with Crippen LogP contribution in [0, 0.1) is 19.7 Å². The predicted molar refractivity (Wildman–Crippen MR) is 73.5 cm³/mol. The number of hydrogen-bond donors (Lipinski definition) is 1. The van der Waals surface area contributed by atoms with Gasteiger partial charge in [-0.25, -0.2) is 9.37 Å². The summed E-state index contributed by atoms with van der Waals surface area (Å²) < 4.78 is 13.3. The molecule has 1 aromatic carbocycles. The van der Waals surface area contributed by atoms with Gasteiger partial charge in [-0.15, -0.1) is 11.3 Å². The molecule has 0 saturated carbocycles. The third kappa shape index (κ3) is 2.94. The maximum absolute atomic E-state index is 13.3. The number of rotatable bonds is 4. The molecule has 1 unspecified atom stereocenters. The molecule has 0 aliphatic heterocycles. The summed E-state index contributed by atoms with van der Waals surface area (Å²) >= 11 is 1.67. The molecule has 0 fully saturated rings. The molecule has 0 aliphatic carbocycles. The van der Waals surface area contributed by atoms with Crippen molar-refractivity contribution >= 4 is 11.3 Å². The van der Waals surface area contributed by atoms with Crippen molar-refractivity contribution in [2.24, 2.45) is 0 Å². The first-order valence-electron chi connectivity index (χ1n) is 5.94. The maximum Gasteiger partial charge on any atom is 0.126 e. The number of nitrogens with zero attached hydrogens (tertiary/aromatic N) is 1. The fourth-order valence-corrected chi connectivity index (χ4v) is 2.76. The van der Waals surface area contributed by atoms with Crippen LogP contribution in [0.25, 0.3) is 0 Å². The molecular formula is C14H17FN2S. The molecule has 96 valence electrons. The maximum atomic E-state index is 13.3. The number of likely N-dealkylation sites (N-methyl/N-ethyl adjacent to an activating group) is 1. The van der Waals surface area contributed by atoms with Gasteiger partial charge in [-0.2, -0.15) is 0 Å². The smallest absolute Gasteiger partial charge is 0.126 e. The van der Waals surface area contributed by atoms with Crippen LogP contribution in [0.15, 0.2) is 23.6 Å². The molecule has 0 bridgehead atoms. The van der Waals surface area contributed by atoms with Crippen molar-refractivity contribution in [2.45, 2.75) is 26.3 Å². The van der Waals surface area contributed by atoms with Crippen LogP contribution in [0.2, 0.25) is 0 Å². The fourth-order valence-electron chi connectivity index (χ4n) is 1.94. The summed E-state index contributed by atoms with van der Waals surface area (Å²) in [4.78, 5) is 4.47. The zero-order chi connectivity index (χ0) is 13.1. The molecule has 1 aromatic heterocycles. The first-order chi connectivity index (χ1) is 8.60. The number of thiazole rings is 1. The van der Waals surface area contributed by atoms with Gasteiger partial charge < -0.3 is 5.32 Å². The Morgan fingerprint density at radius 1 is 1.39 bits per heavy atom. The fraction of sp³-hybridized carbons (Fsp3) is 0.357. The van der Waals surface area contributed by atoms with Crippen molar-refractivity contribution in [1.29, 1.82) is 0 Å². The highest BCUT2D eigenvalue weighted by molar-refractivity contribution is 7.09. The topological polar surface area (TPSA) is 24.9 Å². The highest BCUT2D eigenvalue weighted by atomic mass is 32.1. The van der Waals surface area contributed by atoms with E-state index in [1.54, 1.807) is 18.3 Å². The Bertz CT molecular complexity index is 536. The van der Waals surface area contributed by atoms with Crippen LogP contribution >= 0.6 is 11.3 Å². The third-order valence-electron chi connectivity index (χ3n) is 2.98. The second-order valence-corrected chi connectivity index (χ2v) is 5.38. The van der Waals surface area contributed by atoms with Gasteiger partial charge in [0.25, 0.3) is 0 Å². The number of halogens is 1. The number of hydrogen-bond acceptors (Lipinski definition) is 3. The summed E-state index contributed by atoms with van der Waals surface area (Å²) in [7, 11) is 1.92. The molecule has 0 saturated heterocycles. The lowest BCUT2D eigenvalue weighted by Crippen LogP contribution is -2.19. The van der Waals surface area contributed by atoms with Gasteiger partial charge >= 0.3 is 0 Å². The molecule has 0 amide bonds. The van der Waals surface area contributed by atoms with Gasteiger partial charge in [0, 0.05) is 23.5 Å². The minimum Gasteiger partial charge on any atom is -0.313 e. The van der Waals surface area contributed by atoms with Gasteiger partial charge in [0.2, 0.25) is 0 Å². The Hall–Kier alpha value is -1.26. The molecule has 2 rings (SSSR count). The van der Waals surface area contributed by atoms with Gasteiger partial charge in [0.05, 0.1) is 5.01 Å². The second-order valence-electron chi connectivity index (χ2n) is 4.44. The lowest BCUT2D eigenvalue weighted by molar-refractivity contribution is 0.581. The summed E-state index contributed by atoms with van der Waals surface area (Å²) in [6.45, 7) is 3.79. The first-order valence-corrected chi connectivity index (χ1v) is 6.82. The Balaban J connectivity index is 2.19. The standard InChI is InChI=1S/C14H17FN2S/c1-9-6-11(4-5-12(9)15)13(16-3)7-14-17-10(2)8-18-14/h4-6,8,13,16H,7H2,1-3H3. The second kappa shape index (κ2) is 5.59. The van der Waals surface area contributed by atoms with Crippen LogP contribution in [0.1, 0.15) is 27.9 Å². The normalized spacial score (nSPS) is 12.7. The summed E-state index contributed by atoms with van der Waals surface area (Å²) in [5.41, 5.74) is 2.84. The third-order valence-corrected chi connectivity index (χ3v) is 3.97. The predicted octanol–water partition coefficient (Wildman–Crippen LogP) is 3.40. The number of aryl methyl sites for hydroxylation is 2. The van der Waals surface area contributed by atoms with Gasteiger partial charge in [0.15, 0.2) is 0 Å². The Morgan fingerprint density at radius 2 is 2.17 bits per heavy atom. The molecule has 1 N–H and O–H groups in total. The van der Waals surface area contributed by atoms with Gasteiger partial charge in [0.1, 0.15) is 5.82 Å². The Labute approximate surface area is 111 Å². The van der Waals surface area contributed by atoms with Crippen molar-refractivity contribution in [3.05, 3.63) is 51.2 Å². The van der Waals surface area contributed by atoms with Crippen molar-refractivity contribution < 1.29 is 4.39 Å². The summed E-state index contributed by atoms with van der Waals surface area (Å²) in [6.07, 6.45) is 0.833. The van der Waals surface area contributed by atoms with Crippen LogP contribution in [0.5, 0.6) is 0 Å². The van der Waals surface area contributed by atoms with E-state index >= 15 is 0 Å². The quantitative estimate of drug-likeness (QED) is 0.915. The van der Waals surface area contributed by atoms with E-state index in [0.29, 0.717) is 5.56 Å². The van der Waals surface area contributed by atoms with Crippen molar-refractivity contribution in [1.82, 2.24) is 10.3 Å². The van der Waals surface area contributed by atoms with E-state index < -0.39 is 0 Å². The van der Waals surface area contributed by atoms with E-state index in [9.17, 15) is 4.39 Å². The van der Waals surface area contributed by atoms with E-state index in [2.05, 4.69) is 15.7 Å². The Kier molecular flexibility index (Phi) is 4.09. The van der Waals surface area contributed by atoms with Gasteiger partial charge in [-0.1, -0.05) is 12.1 Å². The first kappa shape index (κ1) is 13.2. The number of benzene rings is 1. The molecule has 4 heteroatoms. The molecule has 1 atom stereocenters.